The molecule has 1 unspecified atom stereocenters. The van der Waals surface area contributed by atoms with Crippen molar-refractivity contribution < 1.29 is 19.0 Å². The molecule has 2 saturated heterocycles. The molecule has 0 aromatic rings. The van der Waals surface area contributed by atoms with Crippen molar-refractivity contribution in [3.8, 4) is 0 Å². The lowest BCUT2D eigenvalue weighted by molar-refractivity contribution is -0.176. The van der Waals surface area contributed by atoms with Crippen LogP contribution in [0.2, 0.25) is 0 Å². The molecule has 2 heterocycles. The summed E-state index contributed by atoms with van der Waals surface area (Å²) < 4.78 is 16.6. The lowest BCUT2D eigenvalue weighted by atomic mass is 9.68. The number of carbonyl (C=O) groups is 1. The van der Waals surface area contributed by atoms with E-state index in [4.69, 9.17) is 14.2 Å². The molecule has 4 rings (SSSR count). The molecular weight excluding hydrogens is 280 g/mol. The van der Waals surface area contributed by atoms with Gasteiger partial charge in [-0.15, -0.1) is 0 Å². The number of carbonyl (C=O) groups excluding carboxylic acids is 1. The predicted molar refractivity (Wildman–Crippen MR) is 81.1 cm³/mol. The van der Waals surface area contributed by atoms with Crippen LogP contribution in [0.1, 0.15) is 57.8 Å². The van der Waals surface area contributed by atoms with Crippen molar-refractivity contribution in [1.82, 2.24) is 0 Å². The smallest absolute Gasteiger partial charge is 0.309 e. The van der Waals surface area contributed by atoms with Crippen LogP contribution in [0.3, 0.4) is 0 Å². The Hall–Kier alpha value is -0.610. The van der Waals surface area contributed by atoms with Crippen LogP contribution in [0, 0.1) is 23.7 Å². The maximum atomic E-state index is 11.0. The maximum absolute atomic E-state index is 11.0. The second-order valence-electron chi connectivity index (χ2n) is 7.69. The predicted octanol–water partition coefficient (Wildman–Crippen LogP) is 3.29. The van der Waals surface area contributed by atoms with Gasteiger partial charge in [-0.2, -0.15) is 0 Å². The molecule has 0 aromatic heterocycles. The molecule has 4 fully saturated rings. The van der Waals surface area contributed by atoms with E-state index < -0.39 is 0 Å². The van der Waals surface area contributed by atoms with E-state index in [1.807, 2.05) is 0 Å². The topological polar surface area (TPSA) is 44.8 Å². The zero-order chi connectivity index (χ0) is 14.9. The van der Waals surface area contributed by atoms with Crippen molar-refractivity contribution >= 4 is 5.97 Å². The second-order valence-corrected chi connectivity index (χ2v) is 7.69. The Morgan fingerprint density at radius 1 is 0.682 bits per heavy atom. The minimum atomic E-state index is 0.00166. The van der Waals surface area contributed by atoms with E-state index in [1.54, 1.807) is 0 Å². The lowest BCUT2D eigenvalue weighted by Gasteiger charge is -2.41. The van der Waals surface area contributed by atoms with E-state index >= 15 is 0 Å². The second kappa shape index (κ2) is 6.48. The number of ether oxygens (including phenoxy) is 3. The molecule has 124 valence electrons. The van der Waals surface area contributed by atoms with Crippen LogP contribution in [0.15, 0.2) is 0 Å². The van der Waals surface area contributed by atoms with Gasteiger partial charge >= 0.3 is 5.97 Å². The van der Waals surface area contributed by atoms with Crippen LogP contribution in [-0.4, -0.2) is 31.6 Å². The van der Waals surface area contributed by atoms with Gasteiger partial charge in [0.05, 0.1) is 19.6 Å². The minimum Gasteiger partial charge on any atom is -0.461 e. The van der Waals surface area contributed by atoms with Gasteiger partial charge in [0, 0.05) is 5.92 Å². The fourth-order valence-electron chi connectivity index (χ4n) is 5.11. The van der Waals surface area contributed by atoms with Crippen LogP contribution in [0.5, 0.6) is 0 Å². The molecule has 0 N–H and O–H groups in total. The van der Waals surface area contributed by atoms with Gasteiger partial charge < -0.3 is 14.2 Å². The molecule has 22 heavy (non-hydrogen) atoms. The van der Waals surface area contributed by atoms with Gasteiger partial charge in [-0.1, -0.05) is 0 Å². The van der Waals surface area contributed by atoms with Crippen LogP contribution in [-0.2, 0) is 19.0 Å². The fraction of sp³-hybridized carbons (Fsp3) is 0.944. The first-order chi connectivity index (χ1) is 10.8. The van der Waals surface area contributed by atoms with Gasteiger partial charge in [0.15, 0.2) is 6.29 Å². The Bertz CT molecular complexity index is 380. The molecule has 4 heteroatoms. The van der Waals surface area contributed by atoms with Crippen molar-refractivity contribution in [2.45, 2.75) is 70.2 Å². The Morgan fingerprint density at radius 2 is 1.14 bits per heavy atom. The average molecular weight is 308 g/mol. The highest BCUT2D eigenvalue weighted by atomic mass is 16.7. The van der Waals surface area contributed by atoms with E-state index in [9.17, 15) is 4.79 Å². The lowest BCUT2D eigenvalue weighted by Crippen LogP contribution is -2.41. The fourth-order valence-corrected chi connectivity index (χ4v) is 5.11. The largest absolute Gasteiger partial charge is 0.461 e. The summed E-state index contributed by atoms with van der Waals surface area (Å²) in [7, 11) is 0. The molecule has 4 nitrogen and oxygen atoms in total. The average Bonchev–Trinajstić information content (AvgIpc) is 3.07. The summed E-state index contributed by atoms with van der Waals surface area (Å²) in [5, 5.41) is 0. The first kappa shape index (κ1) is 14.9. The minimum absolute atomic E-state index is 0.00166. The molecule has 2 saturated carbocycles. The molecule has 0 radical (unpaired) electrons. The first-order valence-corrected chi connectivity index (χ1v) is 9.22. The molecule has 2 aliphatic heterocycles. The van der Waals surface area contributed by atoms with Crippen LogP contribution < -0.4 is 0 Å². The Kier molecular flexibility index (Phi) is 4.40. The maximum Gasteiger partial charge on any atom is 0.309 e. The normalized spacial score (nSPS) is 43.6. The molecule has 0 spiro atoms. The summed E-state index contributed by atoms with van der Waals surface area (Å²) in [6, 6.07) is 0. The summed E-state index contributed by atoms with van der Waals surface area (Å²) in [5.41, 5.74) is 0. The molecule has 2 aliphatic carbocycles. The van der Waals surface area contributed by atoms with Crippen LogP contribution in [0.25, 0.3) is 0 Å². The third-order valence-electron chi connectivity index (χ3n) is 6.51. The number of rotatable bonds is 3. The third kappa shape index (κ3) is 3.05. The summed E-state index contributed by atoms with van der Waals surface area (Å²) in [6.45, 7) is 1.56. The van der Waals surface area contributed by atoms with Gasteiger partial charge in [-0.25, -0.2) is 0 Å². The van der Waals surface area contributed by atoms with Crippen molar-refractivity contribution in [2.24, 2.45) is 23.7 Å². The first-order valence-electron chi connectivity index (χ1n) is 9.22. The highest BCUT2D eigenvalue weighted by molar-refractivity contribution is 5.75. The summed E-state index contributed by atoms with van der Waals surface area (Å²) in [5.74, 6) is 3.08. The molecule has 0 amide bonds. The Labute approximate surface area is 132 Å². The SMILES string of the molecule is O=C1CC(C2CCC(C3CCC(C4OCCO4)CC3)CC2)O1. The number of hydrogen-bond acceptors (Lipinski definition) is 4. The van der Waals surface area contributed by atoms with Crippen molar-refractivity contribution in [2.75, 3.05) is 13.2 Å². The summed E-state index contributed by atoms with van der Waals surface area (Å²) in [4.78, 5) is 11.0. The molecule has 4 aliphatic rings. The van der Waals surface area contributed by atoms with Gasteiger partial charge in [0.1, 0.15) is 6.10 Å². The Morgan fingerprint density at radius 3 is 1.64 bits per heavy atom. The van der Waals surface area contributed by atoms with Gasteiger partial charge in [-0.3, -0.25) is 4.79 Å². The summed E-state index contributed by atoms with van der Waals surface area (Å²) in [6.07, 6.45) is 11.4. The van der Waals surface area contributed by atoms with E-state index in [0.717, 1.165) is 25.0 Å². The molecular formula is C18H28O4. The summed E-state index contributed by atoms with van der Waals surface area (Å²) >= 11 is 0. The highest BCUT2D eigenvalue weighted by Gasteiger charge is 2.40. The van der Waals surface area contributed by atoms with Crippen molar-refractivity contribution in [3.63, 3.8) is 0 Å². The monoisotopic (exact) mass is 308 g/mol. The van der Waals surface area contributed by atoms with Gasteiger partial charge in [0.25, 0.3) is 0 Å². The van der Waals surface area contributed by atoms with E-state index in [1.165, 1.54) is 51.4 Å². The van der Waals surface area contributed by atoms with E-state index in [2.05, 4.69) is 0 Å². The zero-order valence-electron chi connectivity index (χ0n) is 13.4. The molecule has 0 bridgehead atoms. The van der Waals surface area contributed by atoms with Crippen molar-refractivity contribution in [1.29, 1.82) is 0 Å². The van der Waals surface area contributed by atoms with Crippen molar-refractivity contribution in [3.05, 3.63) is 0 Å². The zero-order valence-corrected chi connectivity index (χ0v) is 13.4. The molecule has 1 atom stereocenters. The van der Waals surface area contributed by atoms with Gasteiger partial charge in [0.2, 0.25) is 0 Å². The van der Waals surface area contributed by atoms with E-state index in [-0.39, 0.29) is 18.4 Å². The van der Waals surface area contributed by atoms with E-state index in [0.29, 0.717) is 18.3 Å². The number of esters is 1. The number of hydrogen-bond donors (Lipinski definition) is 0. The standard InChI is InChI=1S/C18H28O4/c19-17-11-16(22-17)14-5-1-12(2-6-14)13-3-7-15(8-4-13)18-20-9-10-21-18/h12-16,18H,1-11H2. The van der Waals surface area contributed by atoms with Crippen LogP contribution >= 0.6 is 0 Å². The van der Waals surface area contributed by atoms with Crippen LogP contribution in [0.4, 0.5) is 0 Å². The molecule has 0 aromatic carbocycles. The third-order valence-corrected chi connectivity index (χ3v) is 6.51. The van der Waals surface area contributed by atoms with Gasteiger partial charge in [-0.05, 0) is 69.1 Å². The highest BCUT2D eigenvalue weighted by Crippen LogP contribution is 2.44. The Balaban J connectivity index is 1.20. The number of cyclic esters (lactones) is 1. The quantitative estimate of drug-likeness (QED) is 0.751.